The maximum absolute atomic E-state index is 14.1. The maximum Gasteiger partial charge on any atom is 0.242 e. The summed E-state index contributed by atoms with van der Waals surface area (Å²) in [5, 5.41) is 6.30. The van der Waals surface area contributed by atoms with Gasteiger partial charge in [-0.3, -0.25) is 9.78 Å². The number of rotatable bonds is 5. The van der Waals surface area contributed by atoms with Gasteiger partial charge < -0.3 is 16.4 Å². The maximum atomic E-state index is 14.1. The van der Waals surface area contributed by atoms with E-state index in [0.29, 0.717) is 23.1 Å². The van der Waals surface area contributed by atoms with Gasteiger partial charge in [-0.1, -0.05) is 6.92 Å². The molecule has 1 aromatic heterocycles. The topological polar surface area (TPSA) is 80.0 Å². The Kier molecular flexibility index (Phi) is 4.57. The highest BCUT2D eigenvalue weighted by atomic mass is 19.1. The van der Waals surface area contributed by atoms with Crippen LogP contribution in [0.4, 0.5) is 15.8 Å². The molecule has 0 saturated carbocycles. The number of aromatic nitrogens is 1. The van der Waals surface area contributed by atoms with Gasteiger partial charge >= 0.3 is 0 Å². The van der Waals surface area contributed by atoms with E-state index in [2.05, 4.69) is 15.6 Å². The first-order valence-electron chi connectivity index (χ1n) is 6.91. The van der Waals surface area contributed by atoms with Crippen LogP contribution in [0.15, 0.2) is 24.4 Å². The molecule has 0 radical (unpaired) electrons. The van der Waals surface area contributed by atoms with Crippen LogP contribution in [0.5, 0.6) is 0 Å². The highest BCUT2D eigenvalue weighted by molar-refractivity contribution is 5.99. The van der Waals surface area contributed by atoms with Gasteiger partial charge in [-0.15, -0.1) is 0 Å². The van der Waals surface area contributed by atoms with E-state index in [1.807, 2.05) is 6.92 Å². The molecule has 0 aliphatic rings. The second-order valence-electron chi connectivity index (χ2n) is 4.88. The number of nitrogens with zero attached hydrogens (tertiary/aromatic N) is 1. The molecule has 1 unspecified atom stereocenters. The lowest BCUT2D eigenvalue weighted by molar-refractivity contribution is -0.121. The van der Waals surface area contributed by atoms with Crippen LogP contribution in [0.1, 0.15) is 20.3 Å². The number of halogens is 1. The number of fused-ring (bicyclic) bond motifs is 1. The van der Waals surface area contributed by atoms with Gasteiger partial charge in [-0.25, -0.2) is 4.39 Å². The monoisotopic (exact) mass is 290 g/mol. The van der Waals surface area contributed by atoms with Crippen LogP contribution >= 0.6 is 0 Å². The average molecular weight is 290 g/mol. The van der Waals surface area contributed by atoms with Crippen molar-refractivity contribution < 1.29 is 9.18 Å². The Morgan fingerprint density at radius 1 is 1.52 bits per heavy atom. The summed E-state index contributed by atoms with van der Waals surface area (Å²) in [7, 11) is 0. The lowest BCUT2D eigenvalue weighted by atomic mass is 10.1. The molecule has 4 N–H and O–H groups in total. The second-order valence-corrected chi connectivity index (χ2v) is 4.88. The third-order valence-electron chi connectivity index (χ3n) is 3.18. The quantitative estimate of drug-likeness (QED) is 0.738. The van der Waals surface area contributed by atoms with Crippen molar-refractivity contribution in [1.29, 1.82) is 0 Å². The van der Waals surface area contributed by atoms with Gasteiger partial charge in [0.05, 0.1) is 11.2 Å². The Bertz CT molecular complexity index is 659. The number of anilines is 2. The molecule has 1 aromatic carbocycles. The van der Waals surface area contributed by atoms with Crippen molar-refractivity contribution in [3.8, 4) is 0 Å². The first-order valence-corrected chi connectivity index (χ1v) is 6.91. The fourth-order valence-electron chi connectivity index (χ4n) is 2.06. The van der Waals surface area contributed by atoms with Gasteiger partial charge in [0.1, 0.15) is 6.04 Å². The van der Waals surface area contributed by atoms with Crippen LogP contribution in [0.2, 0.25) is 0 Å². The second kappa shape index (κ2) is 6.39. The molecule has 0 aliphatic carbocycles. The van der Waals surface area contributed by atoms with Gasteiger partial charge in [-0.05, 0) is 31.5 Å². The molecule has 0 spiro atoms. The number of carbonyl (C=O) groups is 1. The van der Waals surface area contributed by atoms with Gasteiger partial charge in [-0.2, -0.15) is 0 Å². The first-order chi connectivity index (χ1) is 10.0. The van der Waals surface area contributed by atoms with Crippen molar-refractivity contribution in [2.75, 3.05) is 17.6 Å². The highest BCUT2D eigenvalue weighted by Crippen LogP contribution is 2.29. The van der Waals surface area contributed by atoms with Crippen LogP contribution in [-0.2, 0) is 4.79 Å². The van der Waals surface area contributed by atoms with Crippen molar-refractivity contribution in [1.82, 2.24) is 10.3 Å². The normalized spacial score (nSPS) is 12.1. The van der Waals surface area contributed by atoms with Crippen LogP contribution in [-0.4, -0.2) is 23.5 Å². The fraction of sp³-hybridized carbons (Fsp3) is 0.333. The van der Waals surface area contributed by atoms with Crippen LogP contribution in [0.3, 0.4) is 0 Å². The smallest absolute Gasteiger partial charge is 0.242 e. The number of nitrogens with one attached hydrogen (secondary N) is 2. The molecular weight excluding hydrogens is 271 g/mol. The Morgan fingerprint density at radius 3 is 3.00 bits per heavy atom. The van der Waals surface area contributed by atoms with Gasteiger partial charge in [0.2, 0.25) is 5.91 Å². The first kappa shape index (κ1) is 15.0. The summed E-state index contributed by atoms with van der Waals surface area (Å²) in [5.74, 6) is -0.703. The third kappa shape index (κ3) is 3.21. The summed E-state index contributed by atoms with van der Waals surface area (Å²) in [5.41, 5.74) is 6.73. The van der Waals surface area contributed by atoms with E-state index in [9.17, 15) is 9.18 Å². The summed E-state index contributed by atoms with van der Waals surface area (Å²) in [6.45, 7) is 4.24. The van der Waals surface area contributed by atoms with E-state index in [-0.39, 0.29) is 11.6 Å². The lowest BCUT2D eigenvalue weighted by Crippen LogP contribution is -2.38. The van der Waals surface area contributed by atoms with Crippen LogP contribution < -0.4 is 16.4 Å². The minimum absolute atomic E-state index is 0.183. The van der Waals surface area contributed by atoms with E-state index < -0.39 is 11.9 Å². The number of pyridine rings is 1. The summed E-state index contributed by atoms with van der Waals surface area (Å²) in [6.07, 6.45) is 2.41. The zero-order chi connectivity index (χ0) is 15.4. The number of hydrogen-bond donors (Lipinski definition) is 3. The van der Waals surface area contributed by atoms with Crippen molar-refractivity contribution in [3.05, 3.63) is 30.2 Å². The van der Waals surface area contributed by atoms with E-state index in [0.717, 1.165) is 6.42 Å². The Labute approximate surface area is 122 Å². The molecule has 2 aromatic rings. The standard InChI is InChI=1S/C15H19FN4O/c1-3-6-19-15(21)9(2)20-14-11(16)8-12(17)10-5-4-7-18-13(10)14/h4-5,7-9,20H,3,6,17H2,1-2H3,(H,19,21). The lowest BCUT2D eigenvalue weighted by Gasteiger charge is -2.17. The molecule has 112 valence electrons. The Hall–Kier alpha value is -2.37. The molecule has 0 fully saturated rings. The van der Waals surface area contributed by atoms with Gasteiger partial charge in [0.25, 0.3) is 0 Å². The number of benzene rings is 1. The summed E-state index contributed by atoms with van der Waals surface area (Å²) in [6, 6.07) is 4.17. The Balaban J connectivity index is 2.32. The van der Waals surface area contributed by atoms with Crippen molar-refractivity contribution in [2.45, 2.75) is 26.3 Å². The van der Waals surface area contributed by atoms with Crippen LogP contribution in [0, 0.1) is 5.82 Å². The zero-order valence-corrected chi connectivity index (χ0v) is 12.1. The van der Waals surface area contributed by atoms with Gasteiger partial charge in [0, 0.05) is 23.8 Å². The molecule has 6 heteroatoms. The highest BCUT2D eigenvalue weighted by Gasteiger charge is 2.17. The average Bonchev–Trinajstić information content (AvgIpc) is 2.48. The summed E-state index contributed by atoms with van der Waals surface area (Å²) < 4.78 is 14.1. The van der Waals surface area contributed by atoms with Crippen molar-refractivity contribution in [3.63, 3.8) is 0 Å². The SMILES string of the molecule is CCCNC(=O)C(C)Nc1c(F)cc(N)c2cccnc12. The number of hydrogen-bond acceptors (Lipinski definition) is 4. The minimum Gasteiger partial charge on any atom is -0.398 e. The zero-order valence-electron chi connectivity index (χ0n) is 12.1. The molecule has 0 saturated heterocycles. The van der Waals surface area contributed by atoms with E-state index >= 15 is 0 Å². The molecule has 21 heavy (non-hydrogen) atoms. The number of nitrogens with two attached hydrogens (primary N) is 1. The van der Waals surface area contributed by atoms with E-state index in [1.165, 1.54) is 6.07 Å². The number of amides is 1. The molecule has 0 bridgehead atoms. The van der Waals surface area contributed by atoms with Crippen molar-refractivity contribution in [2.24, 2.45) is 0 Å². The molecule has 0 aliphatic heterocycles. The Morgan fingerprint density at radius 2 is 2.29 bits per heavy atom. The fourth-order valence-corrected chi connectivity index (χ4v) is 2.06. The minimum atomic E-state index is -0.570. The largest absolute Gasteiger partial charge is 0.398 e. The van der Waals surface area contributed by atoms with E-state index in [1.54, 1.807) is 25.3 Å². The molecule has 1 heterocycles. The molecule has 1 amide bonds. The molecule has 2 rings (SSSR count). The van der Waals surface area contributed by atoms with Crippen molar-refractivity contribution >= 4 is 28.2 Å². The number of nitrogen functional groups attached to an aromatic ring is 1. The third-order valence-corrected chi connectivity index (χ3v) is 3.18. The van der Waals surface area contributed by atoms with Gasteiger partial charge in [0.15, 0.2) is 5.82 Å². The van der Waals surface area contributed by atoms with E-state index in [4.69, 9.17) is 5.73 Å². The summed E-state index contributed by atoms with van der Waals surface area (Å²) >= 11 is 0. The molecule has 1 atom stereocenters. The predicted octanol–water partition coefficient (Wildman–Crippen LogP) is 2.28. The summed E-state index contributed by atoms with van der Waals surface area (Å²) in [4.78, 5) is 16.0. The predicted molar refractivity (Wildman–Crippen MR) is 82.5 cm³/mol. The number of carbonyl (C=O) groups excluding carboxylic acids is 1. The van der Waals surface area contributed by atoms with Crippen LogP contribution in [0.25, 0.3) is 10.9 Å². The molecule has 5 nitrogen and oxygen atoms in total. The molecular formula is C15H19FN4O.